The van der Waals surface area contributed by atoms with Crippen LogP contribution in [0.2, 0.25) is 0 Å². The van der Waals surface area contributed by atoms with E-state index in [2.05, 4.69) is 15.5 Å². The quantitative estimate of drug-likeness (QED) is 0.807. The first-order valence-corrected chi connectivity index (χ1v) is 5.45. The molecule has 1 aromatic rings. The van der Waals surface area contributed by atoms with E-state index in [4.69, 9.17) is 9.26 Å². The second-order valence-electron chi connectivity index (χ2n) is 3.79. The average Bonchev–Trinajstić information content (AvgIpc) is 2.76. The van der Waals surface area contributed by atoms with Gasteiger partial charge in [0.25, 0.3) is 0 Å². The van der Waals surface area contributed by atoms with E-state index in [0.717, 1.165) is 24.7 Å². The van der Waals surface area contributed by atoms with Crippen molar-refractivity contribution < 1.29 is 9.26 Å². The fraction of sp³-hybridized carbons (Fsp3) is 0.800. The second-order valence-corrected chi connectivity index (χ2v) is 3.79. The zero-order valence-electron chi connectivity index (χ0n) is 9.03. The Kier molecular flexibility index (Phi) is 3.69. The molecule has 0 saturated carbocycles. The largest absolute Gasteiger partial charge is 0.384 e. The van der Waals surface area contributed by atoms with Gasteiger partial charge in [-0.05, 0) is 19.4 Å². The van der Waals surface area contributed by atoms with Gasteiger partial charge in [0.05, 0.1) is 12.6 Å². The first-order valence-electron chi connectivity index (χ1n) is 5.45. The maximum absolute atomic E-state index is 5.22. The lowest BCUT2D eigenvalue weighted by atomic mass is 10.1. The van der Waals surface area contributed by atoms with Gasteiger partial charge in [-0.2, -0.15) is 4.98 Å². The van der Waals surface area contributed by atoms with Crippen molar-refractivity contribution in [1.82, 2.24) is 15.5 Å². The second kappa shape index (κ2) is 5.23. The van der Waals surface area contributed by atoms with E-state index in [1.807, 2.05) is 0 Å². The van der Waals surface area contributed by atoms with Gasteiger partial charge in [-0.3, -0.25) is 0 Å². The molecule has 5 nitrogen and oxygen atoms in total. The third-order valence-corrected chi connectivity index (χ3v) is 2.62. The van der Waals surface area contributed by atoms with E-state index in [9.17, 15) is 0 Å². The molecule has 0 aromatic carbocycles. The molecule has 1 aliphatic rings. The van der Waals surface area contributed by atoms with Crippen molar-refractivity contribution in [2.45, 2.75) is 31.7 Å². The van der Waals surface area contributed by atoms with Gasteiger partial charge >= 0.3 is 0 Å². The summed E-state index contributed by atoms with van der Waals surface area (Å²) in [6, 6.07) is 0.252. The van der Waals surface area contributed by atoms with Crippen LogP contribution in [0.15, 0.2) is 4.52 Å². The highest BCUT2D eigenvalue weighted by atomic mass is 16.5. The normalized spacial score (nSPS) is 21.8. The SMILES string of the molecule is COCCc1noc([C@@H]2CCCCN2)n1. The molecule has 0 radical (unpaired) electrons. The molecule has 2 heterocycles. The Balaban J connectivity index is 1.93. The van der Waals surface area contributed by atoms with Crippen molar-refractivity contribution in [2.75, 3.05) is 20.3 Å². The van der Waals surface area contributed by atoms with Gasteiger partial charge in [0, 0.05) is 13.5 Å². The van der Waals surface area contributed by atoms with E-state index in [1.165, 1.54) is 12.8 Å². The number of nitrogens with zero attached hydrogens (tertiary/aromatic N) is 2. The molecule has 5 heteroatoms. The maximum Gasteiger partial charge on any atom is 0.243 e. The van der Waals surface area contributed by atoms with E-state index in [0.29, 0.717) is 13.0 Å². The summed E-state index contributed by atoms with van der Waals surface area (Å²) in [5, 5.41) is 7.30. The Morgan fingerprint density at radius 1 is 1.53 bits per heavy atom. The first kappa shape index (κ1) is 10.6. The van der Waals surface area contributed by atoms with E-state index < -0.39 is 0 Å². The molecule has 1 aliphatic heterocycles. The highest BCUT2D eigenvalue weighted by Crippen LogP contribution is 2.21. The highest BCUT2D eigenvalue weighted by Gasteiger charge is 2.20. The Morgan fingerprint density at radius 2 is 2.47 bits per heavy atom. The standard InChI is InChI=1S/C10H17N3O2/c1-14-7-5-9-12-10(15-13-9)8-4-2-3-6-11-8/h8,11H,2-7H2,1H3/t8-/m0/s1. The topological polar surface area (TPSA) is 60.2 Å². The van der Waals surface area contributed by atoms with Crippen LogP contribution in [-0.2, 0) is 11.2 Å². The van der Waals surface area contributed by atoms with Gasteiger partial charge in [0.1, 0.15) is 0 Å². The summed E-state index contributed by atoms with van der Waals surface area (Å²) in [5.74, 6) is 1.46. The van der Waals surface area contributed by atoms with Crippen LogP contribution in [0.5, 0.6) is 0 Å². The zero-order chi connectivity index (χ0) is 10.5. The lowest BCUT2D eigenvalue weighted by Crippen LogP contribution is -2.27. The molecule has 0 unspecified atom stereocenters. The Bertz CT molecular complexity index is 295. The maximum atomic E-state index is 5.22. The van der Waals surface area contributed by atoms with Crippen LogP contribution >= 0.6 is 0 Å². The average molecular weight is 211 g/mol. The number of hydrogen-bond acceptors (Lipinski definition) is 5. The molecule has 1 fully saturated rings. The molecule has 15 heavy (non-hydrogen) atoms. The molecule has 1 saturated heterocycles. The van der Waals surface area contributed by atoms with Gasteiger partial charge < -0.3 is 14.6 Å². The zero-order valence-corrected chi connectivity index (χ0v) is 9.03. The molecule has 0 amide bonds. The summed E-state index contributed by atoms with van der Waals surface area (Å²) >= 11 is 0. The van der Waals surface area contributed by atoms with Crippen LogP contribution in [0, 0.1) is 0 Å². The van der Waals surface area contributed by atoms with E-state index in [1.54, 1.807) is 7.11 Å². The molecule has 0 spiro atoms. The van der Waals surface area contributed by atoms with E-state index >= 15 is 0 Å². The van der Waals surface area contributed by atoms with Crippen LogP contribution in [0.3, 0.4) is 0 Å². The van der Waals surface area contributed by atoms with Crippen LogP contribution in [0.4, 0.5) is 0 Å². The number of piperidine rings is 1. The number of ether oxygens (including phenoxy) is 1. The monoisotopic (exact) mass is 211 g/mol. The fourth-order valence-electron chi connectivity index (χ4n) is 1.77. The molecule has 0 bridgehead atoms. The predicted molar refractivity (Wildman–Crippen MR) is 54.5 cm³/mol. The minimum Gasteiger partial charge on any atom is -0.384 e. The third-order valence-electron chi connectivity index (χ3n) is 2.62. The summed E-state index contributed by atoms with van der Waals surface area (Å²) in [6.07, 6.45) is 4.27. The third kappa shape index (κ3) is 2.76. The van der Waals surface area contributed by atoms with Crippen LogP contribution in [-0.4, -0.2) is 30.4 Å². The van der Waals surface area contributed by atoms with Crippen LogP contribution in [0.1, 0.15) is 37.0 Å². The minimum absolute atomic E-state index is 0.252. The molecule has 1 aromatic heterocycles. The smallest absolute Gasteiger partial charge is 0.243 e. The van der Waals surface area contributed by atoms with Gasteiger partial charge in [-0.1, -0.05) is 11.6 Å². The van der Waals surface area contributed by atoms with Crippen molar-refractivity contribution in [1.29, 1.82) is 0 Å². The fourth-order valence-corrected chi connectivity index (χ4v) is 1.77. The summed E-state index contributed by atoms with van der Waals surface area (Å²) in [6.45, 7) is 1.68. The first-order chi connectivity index (χ1) is 7.40. The Hall–Kier alpha value is -0.940. The lowest BCUT2D eigenvalue weighted by molar-refractivity contribution is 0.199. The van der Waals surface area contributed by atoms with Crippen molar-refractivity contribution in [2.24, 2.45) is 0 Å². The summed E-state index contributed by atoms with van der Waals surface area (Å²) in [7, 11) is 1.67. The van der Waals surface area contributed by atoms with Crippen molar-refractivity contribution >= 4 is 0 Å². The number of rotatable bonds is 4. The van der Waals surface area contributed by atoms with Gasteiger partial charge in [-0.25, -0.2) is 0 Å². The Morgan fingerprint density at radius 3 is 3.20 bits per heavy atom. The number of hydrogen-bond donors (Lipinski definition) is 1. The molecule has 84 valence electrons. The number of methoxy groups -OCH3 is 1. The number of nitrogens with one attached hydrogen (secondary N) is 1. The van der Waals surface area contributed by atoms with Crippen LogP contribution in [0.25, 0.3) is 0 Å². The highest BCUT2D eigenvalue weighted by molar-refractivity contribution is 4.94. The Labute approximate surface area is 89.2 Å². The molecular formula is C10H17N3O2. The lowest BCUT2D eigenvalue weighted by Gasteiger charge is -2.19. The van der Waals surface area contributed by atoms with Crippen LogP contribution < -0.4 is 5.32 Å². The predicted octanol–water partition coefficient (Wildman–Crippen LogP) is 1.07. The summed E-state index contributed by atoms with van der Waals surface area (Å²) < 4.78 is 10.2. The van der Waals surface area contributed by atoms with Crippen molar-refractivity contribution in [3.8, 4) is 0 Å². The summed E-state index contributed by atoms with van der Waals surface area (Å²) in [5.41, 5.74) is 0. The van der Waals surface area contributed by atoms with Gasteiger partial charge in [-0.15, -0.1) is 0 Å². The summed E-state index contributed by atoms with van der Waals surface area (Å²) in [4.78, 5) is 4.35. The minimum atomic E-state index is 0.252. The molecular weight excluding hydrogens is 194 g/mol. The van der Waals surface area contributed by atoms with Gasteiger partial charge in [0.2, 0.25) is 5.89 Å². The van der Waals surface area contributed by atoms with Crippen molar-refractivity contribution in [3.63, 3.8) is 0 Å². The van der Waals surface area contributed by atoms with Crippen molar-refractivity contribution in [3.05, 3.63) is 11.7 Å². The van der Waals surface area contributed by atoms with E-state index in [-0.39, 0.29) is 6.04 Å². The number of aromatic nitrogens is 2. The van der Waals surface area contributed by atoms with Gasteiger partial charge in [0.15, 0.2) is 5.82 Å². The molecule has 1 atom stereocenters. The molecule has 2 rings (SSSR count). The molecule has 1 N–H and O–H groups in total. The molecule has 0 aliphatic carbocycles.